The van der Waals surface area contributed by atoms with E-state index >= 15 is 0 Å². The number of rotatable bonds is 11. The highest BCUT2D eigenvalue weighted by molar-refractivity contribution is 7.11. The van der Waals surface area contributed by atoms with Gasteiger partial charge in [-0.05, 0) is 64.1 Å². The first-order valence-electron chi connectivity index (χ1n) is 10.4. The molecule has 0 radical (unpaired) electrons. The van der Waals surface area contributed by atoms with Gasteiger partial charge in [0.15, 0.2) is 0 Å². The topological polar surface area (TPSA) is 156 Å². The van der Waals surface area contributed by atoms with Gasteiger partial charge in [0.25, 0.3) is 0 Å². The highest BCUT2D eigenvalue weighted by atomic mass is 32.1. The van der Waals surface area contributed by atoms with Crippen molar-refractivity contribution >= 4 is 29.2 Å². The van der Waals surface area contributed by atoms with E-state index in [0.29, 0.717) is 6.42 Å². The summed E-state index contributed by atoms with van der Waals surface area (Å²) in [6, 6.07) is 4.41. The Kier molecular flexibility index (Phi) is 17.8. The van der Waals surface area contributed by atoms with E-state index in [9.17, 15) is 31.1 Å². The number of halogens is 6. The maximum Gasteiger partial charge on any atom is 0.490 e. The van der Waals surface area contributed by atoms with Crippen LogP contribution in [-0.4, -0.2) is 59.5 Å². The first-order chi connectivity index (χ1) is 16.0. The number of nitrogens with one attached hydrogen (secondary N) is 1. The lowest BCUT2D eigenvalue weighted by Crippen LogP contribution is -2.30. The minimum Gasteiger partial charge on any atom is -0.475 e. The lowest BCUT2D eigenvalue weighted by molar-refractivity contribution is -0.193. The third kappa shape index (κ3) is 21.9. The molecule has 0 aliphatic carbocycles. The van der Waals surface area contributed by atoms with E-state index in [-0.39, 0.29) is 11.9 Å². The highest BCUT2D eigenvalue weighted by Gasteiger charge is 2.38. The average Bonchev–Trinajstić information content (AvgIpc) is 3.14. The molecule has 1 aromatic rings. The number of hydrogen-bond donors (Lipinski definition) is 5. The van der Waals surface area contributed by atoms with Gasteiger partial charge < -0.3 is 27.0 Å². The molecule has 0 spiro atoms. The molecule has 1 unspecified atom stereocenters. The first kappa shape index (κ1) is 34.8. The molecule has 0 bridgehead atoms. The van der Waals surface area contributed by atoms with Crippen LogP contribution in [0.5, 0.6) is 0 Å². The van der Waals surface area contributed by atoms with E-state index in [4.69, 9.17) is 31.3 Å². The number of aliphatic carboxylic acids is 2. The van der Waals surface area contributed by atoms with Gasteiger partial charge in [-0.25, -0.2) is 9.59 Å². The number of carboxylic acid groups (broad SMARTS) is 2. The van der Waals surface area contributed by atoms with Crippen molar-refractivity contribution in [2.24, 2.45) is 11.5 Å². The van der Waals surface area contributed by atoms with Gasteiger partial charge in [-0.1, -0.05) is 0 Å². The van der Waals surface area contributed by atoms with Crippen LogP contribution in [0.2, 0.25) is 0 Å². The predicted octanol–water partition coefficient (Wildman–Crippen LogP) is 3.47. The quantitative estimate of drug-likeness (QED) is 0.213. The summed E-state index contributed by atoms with van der Waals surface area (Å²) in [5.41, 5.74) is 11.1. The fourth-order valence-corrected chi connectivity index (χ4v) is 3.25. The molecule has 0 aliphatic rings. The van der Waals surface area contributed by atoms with Crippen LogP contribution < -0.4 is 16.8 Å². The van der Waals surface area contributed by atoms with Crippen LogP contribution in [0.3, 0.4) is 0 Å². The molecule has 0 saturated heterocycles. The molecule has 1 atom stereocenters. The SMILES string of the molecule is CC(N)CC(=O)NCCCCc1ccc(CCCCN)s1.O=C(O)C(F)(F)F.O=C(O)C(F)(F)F. The monoisotopic (exact) mass is 539 g/mol. The zero-order valence-electron chi connectivity index (χ0n) is 19.0. The number of nitrogens with two attached hydrogens (primary N) is 2. The Morgan fingerprint density at radius 3 is 1.66 bits per heavy atom. The van der Waals surface area contributed by atoms with Crippen molar-refractivity contribution in [2.75, 3.05) is 13.1 Å². The summed E-state index contributed by atoms with van der Waals surface area (Å²) in [5, 5.41) is 17.2. The van der Waals surface area contributed by atoms with Crippen molar-refractivity contribution in [3.8, 4) is 0 Å². The fourth-order valence-electron chi connectivity index (χ4n) is 2.15. The number of hydrogen-bond acceptors (Lipinski definition) is 6. The summed E-state index contributed by atoms with van der Waals surface area (Å²) in [7, 11) is 0. The largest absolute Gasteiger partial charge is 0.490 e. The molecule has 7 N–H and O–H groups in total. The van der Waals surface area contributed by atoms with Gasteiger partial charge in [0.2, 0.25) is 5.91 Å². The molecule has 0 aromatic carbocycles. The molecular formula is C20H31F6N3O5S. The molecule has 0 saturated carbocycles. The maximum atomic E-state index is 11.4. The van der Waals surface area contributed by atoms with Gasteiger partial charge in [-0.15, -0.1) is 11.3 Å². The van der Waals surface area contributed by atoms with Crippen LogP contribution in [0.1, 0.15) is 48.8 Å². The Morgan fingerprint density at radius 2 is 1.31 bits per heavy atom. The molecule has 15 heteroatoms. The molecule has 1 aromatic heterocycles. The van der Waals surface area contributed by atoms with Crippen LogP contribution in [-0.2, 0) is 27.2 Å². The Balaban J connectivity index is 0. The van der Waals surface area contributed by atoms with Gasteiger partial charge in [0.05, 0.1) is 0 Å². The number of unbranched alkanes of at least 4 members (excludes halogenated alkanes) is 2. The van der Waals surface area contributed by atoms with Crippen molar-refractivity contribution in [1.82, 2.24) is 5.32 Å². The van der Waals surface area contributed by atoms with Crippen molar-refractivity contribution in [3.63, 3.8) is 0 Å². The molecule has 1 heterocycles. The van der Waals surface area contributed by atoms with Crippen LogP contribution in [0.25, 0.3) is 0 Å². The third-order valence-corrected chi connectivity index (χ3v) is 4.96. The number of carbonyl (C=O) groups is 3. The fraction of sp³-hybridized carbons (Fsp3) is 0.650. The number of amides is 1. The second-order valence-electron chi connectivity index (χ2n) is 7.21. The predicted molar refractivity (Wildman–Crippen MR) is 118 cm³/mol. The van der Waals surface area contributed by atoms with E-state index in [1.807, 2.05) is 18.3 Å². The Hall–Kier alpha value is -2.39. The standard InChI is InChI=1S/C16H29N3OS.2C2HF3O2/c1-13(18)12-16(20)19-11-5-3-7-15-9-8-14(21-15)6-2-4-10-17;2*3-2(4,5)1(6)7/h8-9,13H,2-7,10-12,17-18H2,1H3,(H,19,20);2*(H,6,7). The number of thiophene rings is 1. The van der Waals surface area contributed by atoms with Crippen molar-refractivity contribution in [1.29, 1.82) is 0 Å². The van der Waals surface area contributed by atoms with Crippen molar-refractivity contribution < 1.29 is 50.9 Å². The van der Waals surface area contributed by atoms with Crippen molar-refractivity contribution in [2.45, 2.75) is 70.3 Å². The lowest BCUT2D eigenvalue weighted by atomic mass is 10.2. The summed E-state index contributed by atoms with van der Waals surface area (Å²) < 4.78 is 63.5. The van der Waals surface area contributed by atoms with Crippen molar-refractivity contribution in [3.05, 3.63) is 21.9 Å². The second kappa shape index (κ2) is 18.0. The summed E-state index contributed by atoms with van der Waals surface area (Å²) in [5.74, 6) is -5.46. The molecule has 0 fully saturated rings. The minimum atomic E-state index is -5.08. The normalized spacial score (nSPS) is 11.9. The van der Waals surface area contributed by atoms with E-state index < -0.39 is 24.3 Å². The van der Waals surface area contributed by atoms with Gasteiger partial charge >= 0.3 is 24.3 Å². The summed E-state index contributed by atoms with van der Waals surface area (Å²) >= 11 is 1.91. The zero-order valence-corrected chi connectivity index (χ0v) is 19.9. The van der Waals surface area contributed by atoms with E-state index in [1.54, 1.807) is 0 Å². The minimum absolute atomic E-state index is 0.0586. The van der Waals surface area contributed by atoms with Gasteiger partial charge in [0.1, 0.15) is 0 Å². The van der Waals surface area contributed by atoms with E-state index in [1.165, 1.54) is 16.2 Å². The lowest BCUT2D eigenvalue weighted by Gasteiger charge is -2.06. The number of alkyl halides is 6. The molecule has 35 heavy (non-hydrogen) atoms. The van der Waals surface area contributed by atoms with Crippen LogP contribution in [0.15, 0.2) is 12.1 Å². The van der Waals surface area contributed by atoms with Crippen LogP contribution in [0, 0.1) is 0 Å². The molecule has 1 amide bonds. The average molecular weight is 540 g/mol. The number of carbonyl (C=O) groups excluding carboxylic acids is 1. The zero-order chi connectivity index (χ0) is 27.7. The molecular weight excluding hydrogens is 508 g/mol. The van der Waals surface area contributed by atoms with Crippen LogP contribution >= 0.6 is 11.3 Å². The Bertz CT molecular complexity index is 730. The smallest absolute Gasteiger partial charge is 0.475 e. The Labute approximate surface area is 202 Å². The van der Waals surface area contributed by atoms with E-state index in [2.05, 4.69) is 17.4 Å². The third-order valence-electron chi connectivity index (χ3n) is 3.76. The van der Waals surface area contributed by atoms with Crippen LogP contribution in [0.4, 0.5) is 26.3 Å². The molecule has 204 valence electrons. The second-order valence-corrected chi connectivity index (χ2v) is 8.46. The molecule has 8 nitrogen and oxygen atoms in total. The summed E-state index contributed by atoms with van der Waals surface area (Å²) in [6.07, 6.45) is -3.08. The number of carboxylic acids is 2. The number of aryl methyl sites for hydroxylation is 2. The van der Waals surface area contributed by atoms with Gasteiger partial charge in [0, 0.05) is 28.8 Å². The Morgan fingerprint density at radius 1 is 0.914 bits per heavy atom. The summed E-state index contributed by atoms with van der Waals surface area (Å²) in [6.45, 7) is 3.38. The molecule has 0 aliphatic heterocycles. The van der Waals surface area contributed by atoms with Gasteiger partial charge in [-0.3, -0.25) is 4.79 Å². The first-order valence-corrected chi connectivity index (χ1v) is 11.2. The maximum absolute atomic E-state index is 11.4. The van der Waals surface area contributed by atoms with Gasteiger partial charge in [-0.2, -0.15) is 26.3 Å². The van der Waals surface area contributed by atoms with E-state index in [0.717, 1.165) is 45.2 Å². The highest BCUT2D eigenvalue weighted by Crippen LogP contribution is 2.20. The molecule has 1 rings (SSSR count). The summed E-state index contributed by atoms with van der Waals surface area (Å²) in [4.78, 5) is 32.1.